The number of pyridine rings is 1. The average molecular weight is 341 g/mol. The molecule has 1 aliphatic rings. The van der Waals surface area contributed by atoms with E-state index < -0.39 is 0 Å². The highest BCUT2D eigenvalue weighted by Crippen LogP contribution is 2.26. The third-order valence-corrected chi connectivity index (χ3v) is 3.80. The molecule has 20 heavy (non-hydrogen) atoms. The summed E-state index contributed by atoms with van der Waals surface area (Å²) in [6, 6.07) is 1.64. The summed E-state index contributed by atoms with van der Waals surface area (Å²) < 4.78 is 0. The van der Waals surface area contributed by atoms with E-state index in [0.717, 1.165) is 25.9 Å². The van der Waals surface area contributed by atoms with Gasteiger partial charge < -0.3 is 10.6 Å². The van der Waals surface area contributed by atoms with Crippen molar-refractivity contribution < 1.29 is 4.79 Å². The van der Waals surface area contributed by atoms with E-state index in [4.69, 9.17) is 11.6 Å². The van der Waals surface area contributed by atoms with Crippen LogP contribution < -0.4 is 10.6 Å². The largest absolute Gasteiger partial charge is 0.351 e. The molecule has 114 valence electrons. The number of aromatic nitrogens is 1. The highest BCUT2D eigenvalue weighted by Gasteiger charge is 2.27. The molecule has 0 aromatic carbocycles. The van der Waals surface area contributed by atoms with Crippen molar-refractivity contribution in [1.29, 1.82) is 0 Å². The van der Waals surface area contributed by atoms with Crippen LogP contribution in [0.15, 0.2) is 18.5 Å². The van der Waals surface area contributed by atoms with Crippen LogP contribution >= 0.6 is 36.4 Å². The standard InChI is InChI=1S/C13H18ClN3O.2ClH/c1-13(3-6-15-7-4-13)9-17-12(18)10-2-5-16-8-11(10)14;;/h2,5,8,15H,3-4,6-7,9H2,1H3,(H,17,18);2*1H. The Morgan fingerprint density at radius 2 is 2.10 bits per heavy atom. The third-order valence-electron chi connectivity index (χ3n) is 3.50. The average Bonchev–Trinajstić information content (AvgIpc) is 2.38. The van der Waals surface area contributed by atoms with Crippen molar-refractivity contribution in [2.45, 2.75) is 19.8 Å². The van der Waals surface area contributed by atoms with Crippen molar-refractivity contribution in [2.24, 2.45) is 5.41 Å². The Balaban J connectivity index is 0.00000180. The summed E-state index contributed by atoms with van der Waals surface area (Å²) in [6.07, 6.45) is 5.23. The van der Waals surface area contributed by atoms with E-state index in [1.165, 1.54) is 6.20 Å². The molecule has 1 aliphatic heterocycles. The van der Waals surface area contributed by atoms with Gasteiger partial charge in [-0.25, -0.2) is 0 Å². The Labute approximate surface area is 136 Å². The fraction of sp³-hybridized carbons (Fsp3) is 0.538. The first-order chi connectivity index (χ1) is 8.61. The van der Waals surface area contributed by atoms with Gasteiger partial charge in [-0.1, -0.05) is 18.5 Å². The number of carbonyl (C=O) groups excluding carboxylic acids is 1. The van der Waals surface area contributed by atoms with Crippen molar-refractivity contribution in [2.75, 3.05) is 19.6 Å². The van der Waals surface area contributed by atoms with Crippen LogP contribution in [-0.2, 0) is 0 Å². The predicted molar refractivity (Wildman–Crippen MR) is 86.3 cm³/mol. The van der Waals surface area contributed by atoms with Crippen LogP contribution in [0.25, 0.3) is 0 Å². The number of nitrogens with zero attached hydrogens (tertiary/aromatic N) is 1. The molecular formula is C13H20Cl3N3O. The molecule has 0 atom stereocenters. The maximum absolute atomic E-state index is 12.0. The molecule has 4 nitrogen and oxygen atoms in total. The zero-order valence-electron chi connectivity index (χ0n) is 11.3. The molecule has 0 unspecified atom stereocenters. The van der Waals surface area contributed by atoms with E-state index in [2.05, 4.69) is 22.5 Å². The van der Waals surface area contributed by atoms with E-state index in [9.17, 15) is 4.79 Å². The molecule has 1 aromatic rings. The summed E-state index contributed by atoms with van der Waals surface area (Å²) >= 11 is 5.94. The first-order valence-corrected chi connectivity index (χ1v) is 6.57. The fourth-order valence-corrected chi connectivity index (χ4v) is 2.36. The van der Waals surface area contributed by atoms with Gasteiger partial charge in [0.05, 0.1) is 10.6 Å². The van der Waals surface area contributed by atoms with Gasteiger partial charge in [0.2, 0.25) is 0 Å². The number of amides is 1. The van der Waals surface area contributed by atoms with Crippen molar-refractivity contribution >= 4 is 42.3 Å². The number of rotatable bonds is 3. The van der Waals surface area contributed by atoms with Crippen LogP contribution in [-0.4, -0.2) is 30.5 Å². The molecule has 2 rings (SSSR count). The molecule has 2 heterocycles. The van der Waals surface area contributed by atoms with Gasteiger partial charge in [0.25, 0.3) is 5.91 Å². The van der Waals surface area contributed by atoms with Gasteiger partial charge in [-0.2, -0.15) is 0 Å². The van der Waals surface area contributed by atoms with Gasteiger partial charge in [-0.15, -0.1) is 24.8 Å². The Hall–Kier alpha value is -0.550. The highest BCUT2D eigenvalue weighted by atomic mass is 35.5. The Morgan fingerprint density at radius 1 is 1.45 bits per heavy atom. The molecule has 0 radical (unpaired) electrons. The predicted octanol–water partition coefficient (Wildman–Crippen LogP) is 2.70. The molecule has 2 N–H and O–H groups in total. The van der Waals surface area contributed by atoms with Gasteiger partial charge in [-0.05, 0) is 37.4 Å². The Morgan fingerprint density at radius 3 is 2.70 bits per heavy atom. The van der Waals surface area contributed by atoms with E-state index >= 15 is 0 Å². The minimum Gasteiger partial charge on any atom is -0.351 e. The van der Waals surface area contributed by atoms with Crippen molar-refractivity contribution in [1.82, 2.24) is 15.6 Å². The second-order valence-electron chi connectivity index (χ2n) is 5.10. The van der Waals surface area contributed by atoms with Crippen LogP contribution in [0.5, 0.6) is 0 Å². The van der Waals surface area contributed by atoms with Crippen LogP contribution in [0.2, 0.25) is 5.02 Å². The number of piperidine rings is 1. The minimum atomic E-state index is -0.123. The molecule has 1 aromatic heterocycles. The Kier molecular flexibility index (Phi) is 8.44. The van der Waals surface area contributed by atoms with Crippen molar-refractivity contribution in [3.63, 3.8) is 0 Å². The minimum absolute atomic E-state index is 0. The number of halogens is 3. The van der Waals surface area contributed by atoms with E-state index in [1.807, 2.05) is 0 Å². The third kappa shape index (κ3) is 5.09. The summed E-state index contributed by atoms with van der Waals surface area (Å²) in [4.78, 5) is 15.9. The number of carbonyl (C=O) groups is 1. The smallest absolute Gasteiger partial charge is 0.252 e. The number of hydrogen-bond acceptors (Lipinski definition) is 3. The van der Waals surface area contributed by atoms with Crippen LogP contribution in [0.4, 0.5) is 0 Å². The SMILES string of the molecule is CC1(CNC(=O)c2ccncc2Cl)CCNCC1.Cl.Cl. The van der Waals surface area contributed by atoms with E-state index in [0.29, 0.717) is 17.1 Å². The van der Waals surface area contributed by atoms with Crippen LogP contribution in [0.3, 0.4) is 0 Å². The van der Waals surface area contributed by atoms with Crippen molar-refractivity contribution in [3.8, 4) is 0 Å². The lowest BCUT2D eigenvalue weighted by Gasteiger charge is -2.34. The maximum Gasteiger partial charge on any atom is 0.252 e. The summed E-state index contributed by atoms with van der Waals surface area (Å²) in [6.45, 7) is 4.93. The normalized spacial score (nSPS) is 16.5. The second kappa shape index (κ2) is 8.67. The lowest BCUT2D eigenvalue weighted by molar-refractivity contribution is 0.0922. The summed E-state index contributed by atoms with van der Waals surface area (Å²) in [5.74, 6) is -0.123. The number of hydrogen-bond donors (Lipinski definition) is 2. The molecule has 0 saturated carbocycles. The summed E-state index contributed by atoms with van der Waals surface area (Å²) in [5, 5.41) is 6.69. The molecule has 1 saturated heterocycles. The lowest BCUT2D eigenvalue weighted by Crippen LogP contribution is -2.42. The van der Waals surface area contributed by atoms with E-state index in [1.54, 1.807) is 12.3 Å². The quantitative estimate of drug-likeness (QED) is 0.889. The molecule has 0 bridgehead atoms. The summed E-state index contributed by atoms with van der Waals surface area (Å²) in [7, 11) is 0. The van der Waals surface area contributed by atoms with Gasteiger partial charge >= 0.3 is 0 Å². The van der Waals surface area contributed by atoms with Crippen molar-refractivity contribution in [3.05, 3.63) is 29.0 Å². The Bertz CT molecular complexity index is 437. The van der Waals surface area contributed by atoms with Crippen LogP contribution in [0.1, 0.15) is 30.1 Å². The van der Waals surface area contributed by atoms with Gasteiger partial charge in [0.1, 0.15) is 0 Å². The monoisotopic (exact) mass is 339 g/mol. The molecule has 0 spiro atoms. The second-order valence-corrected chi connectivity index (χ2v) is 5.51. The molecule has 7 heteroatoms. The fourth-order valence-electron chi connectivity index (χ4n) is 2.16. The van der Waals surface area contributed by atoms with E-state index in [-0.39, 0.29) is 36.1 Å². The van der Waals surface area contributed by atoms with Crippen LogP contribution in [0, 0.1) is 5.41 Å². The van der Waals surface area contributed by atoms with Gasteiger partial charge in [-0.3, -0.25) is 9.78 Å². The number of nitrogens with one attached hydrogen (secondary N) is 2. The topological polar surface area (TPSA) is 54.0 Å². The summed E-state index contributed by atoms with van der Waals surface area (Å²) in [5.41, 5.74) is 0.671. The zero-order valence-corrected chi connectivity index (χ0v) is 13.7. The first kappa shape index (κ1) is 19.4. The van der Waals surface area contributed by atoms with Gasteiger partial charge in [0.15, 0.2) is 0 Å². The lowest BCUT2D eigenvalue weighted by atomic mass is 9.81. The molecular weight excluding hydrogens is 321 g/mol. The molecule has 1 fully saturated rings. The molecule has 0 aliphatic carbocycles. The highest BCUT2D eigenvalue weighted by molar-refractivity contribution is 6.33. The molecule has 1 amide bonds. The maximum atomic E-state index is 12.0. The van der Waals surface area contributed by atoms with Gasteiger partial charge in [0, 0.05) is 18.9 Å². The first-order valence-electron chi connectivity index (χ1n) is 6.19. The zero-order chi connectivity index (χ0) is 13.0.